The Morgan fingerprint density at radius 1 is 1.56 bits per heavy atom. The molecule has 0 spiro atoms. The number of hydrogen-bond donors (Lipinski definition) is 0. The van der Waals surface area contributed by atoms with Gasteiger partial charge >= 0.3 is 29.6 Å². The number of hydrogen-bond acceptors (Lipinski definition) is 4. The second-order valence-corrected chi connectivity index (χ2v) is 4.29. The van der Waals surface area contributed by atoms with E-state index in [0.717, 1.165) is 10.6 Å². The molecular weight excluding hydrogens is 235 g/mol. The topological polar surface area (TPSA) is 49.4 Å². The molecule has 0 N–H and O–H groups in total. The molecule has 0 aliphatic carbocycles. The second-order valence-electron chi connectivity index (χ2n) is 3.01. The van der Waals surface area contributed by atoms with E-state index in [1.165, 1.54) is 11.8 Å². The zero-order chi connectivity index (χ0) is 11.3. The van der Waals surface area contributed by atoms with Crippen LogP contribution in [0.15, 0.2) is 29.2 Å². The molecule has 0 heterocycles. The Bertz CT molecular complexity index is 344. The van der Waals surface area contributed by atoms with Crippen LogP contribution in [-0.2, 0) is 4.79 Å². The van der Waals surface area contributed by atoms with Crippen LogP contribution in [0.4, 0.5) is 0 Å². The molecule has 1 aromatic carbocycles. The van der Waals surface area contributed by atoms with E-state index in [1.54, 1.807) is 7.11 Å². The molecule has 0 saturated carbocycles. The predicted molar refractivity (Wildman–Crippen MR) is 57.9 cm³/mol. The Labute approximate surface area is 122 Å². The number of aliphatic carboxylic acids is 1. The minimum atomic E-state index is -1.02. The molecule has 0 amide bonds. The van der Waals surface area contributed by atoms with Crippen molar-refractivity contribution in [1.82, 2.24) is 0 Å². The van der Waals surface area contributed by atoms with Gasteiger partial charge in [-0.25, -0.2) is 0 Å². The Hall–Kier alpha value is -0.160. The quantitative estimate of drug-likeness (QED) is 0.461. The molecule has 0 bridgehead atoms. The summed E-state index contributed by atoms with van der Waals surface area (Å²) in [5.74, 6) is -0.293. The first kappa shape index (κ1) is 15.8. The average molecular weight is 248 g/mol. The van der Waals surface area contributed by atoms with Crippen molar-refractivity contribution in [2.45, 2.75) is 23.5 Å². The van der Waals surface area contributed by atoms with Gasteiger partial charge in [-0.15, -0.1) is 11.8 Å². The fraction of sp³-hybridized carbons (Fsp3) is 0.364. The van der Waals surface area contributed by atoms with Crippen LogP contribution in [0.3, 0.4) is 0 Å². The number of carbonyl (C=O) groups excluding carboxylic acids is 1. The monoisotopic (exact) mass is 248 g/mol. The third-order valence-electron chi connectivity index (χ3n) is 1.95. The molecule has 1 atom stereocenters. The van der Waals surface area contributed by atoms with Gasteiger partial charge in [0.05, 0.1) is 13.1 Å². The normalized spacial score (nSPS) is 11.4. The minimum absolute atomic E-state index is 0. The van der Waals surface area contributed by atoms with Crippen LogP contribution in [0, 0.1) is 0 Å². The molecular formula is C11H13NaO3S. The first-order chi connectivity index (χ1) is 7.17. The molecule has 82 valence electrons. The van der Waals surface area contributed by atoms with Crippen LogP contribution >= 0.6 is 11.8 Å². The number of methoxy groups -OCH3 is 1. The maximum absolute atomic E-state index is 10.7. The number of rotatable bonds is 5. The van der Waals surface area contributed by atoms with Crippen LogP contribution in [0.25, 0.3) is 0 Å². The first-order valence-electron chi connectivity index (χ1n) is 4.69. The Kier molecular flexibility index (Phi) is 7.93. The summed E-state index contributed by atoms with van der Waals surface area (Å²) in [5, 5.41) is 10.2. The van der Waals surface area contributed by atoms with E-state index in [9.17, 15) is 9.90 Å². The van der Waals surface area contributed by atoms with Crippen molar-refractivity contribution in [2.24, 2.45) is 0 Å². The van der Waals surface area contributed by atoms with Gasteiger partial charge in [-0.2, -0.15) is 0 Å². The minimum Gasteiger partial charge on any atom is -0.549 e. The molecule has 5 heteroatoms. The second kappa shape index (κ2) is 8.01. The number of benzene rings is 1. The number of carboxylic acid groups (broad SMARTS) is 1. The van der Waals surface area contributed by atoms with Crippen LogP contribution in [0.5, 0.6) is 5.75 Å². The third-order valence-corrected chi connectivity index (χ3v) is 3.29. The number of ether oxygens (including phenoxy) is 1. The van der Waals surface area contributed by atoms with E-state index < -0.39 is 11.2 Å². The van der Waals surface area contributed by atoms with Crippen LogP contribution in [0.1, 0.15) is 13.3 Å². The largest absolute Gasteiger partial charge is 1.00 e. The van der Waals surface area contributed by atoms with Gasteiger partial charge in [0, 0.05) is 10.1 Å². The fourth-order valence-electron chi connectivity index (χ4n) is 1.14. The van der Waals surface area contributed by atoms with Crippen molar-refractivity contribution in [3.63, 3.8) is 0 Å². The first-order valence-corrected chi connectivity index (χ1v) is 5.57. The number of thioether (sulfide) groups is 1. The Morgan fingerprint density at radius 2 is 2.25 bits per heavy atom. The smallest absolute Gasteiger partial charge is 0.549 e. The zero-order valence-electron chi connectivity index (χ0n) is 9.73. The van der Waals surface area contributed by atoms with Gasteiger partial charge in [-0.1, -0.05) is 13.0 Å². The van der Waals surface area contributed by atoms with Crippen molar-refractivity contribution < 1.29 is 44.2 Å². The number of carboxylic acids is 1. The summed E-state index contributed by atoms with van der Waals surface area (Å²) in [4.78, 5) is 11.6. The van der Waals surface area contributed by atoms with E-state index in [0.29, 0.717) is 6.42 Å². The van der Waals surface area contributed by atoms with Crippen molar-refractivity contribution in [2.75, 3.05) is 7.11 Å². The molecule has 3 nitrogen and oxygen atoms in total. The van der Waals surface area contributed by atoms with E-state index in [4.69, 9.17) is 4.74 Å². The summed E-state index contributed by atoms with van der Waals surface area (Å²) in [7, 11) is 1.58. The summed E-state index contributed by atoms with van der Waals surface area (Å²) >= 11 is 1.28. The molecule has 1 aromatic rings. The molecule has 0 aromatic heterocycles. The molecule has 0 saturated heterocycles. The maximum Gasteiger partial charge on any atom is 1.00 e. The van der Waals surface area contributed by atoms with Crippen molar-refractivity contribution in [3.8, 4) is 5.75 Å². The standard InChI is InChI=1S/C11H14O3S.Na/c1-3-10(11(12)13)15-9-6-4-5-8(7-9)14-2;/h4-7,10H,3H2,1-2H3,(H,12,13);/q;+1/p-1. The molecule has 0 radical (unpaired) electrons. The van der Waals surface area contributed by atoms with E-state index >= 15 is 0 Å². The van der Waals surface area contributed by atoms with E-state index in [-0.39, 0.29) is 29.6 Å². The van der Waals surface area contributed by atoms with Crippen molar-refractivity contribution >= 4 is 17.7 Å². The summed E-state index contributed by atoms with van der Waals surface area (Å²) in [6.45, 7) is 1.83. The molecule has 0 aliphatic rings. The summed E-state index contributed by atoms with van der Waals surface area (Å²) in [6.07, 6.45) is 0.546. The maximum atomic E-state index is 10.7. The molecule has 16 heavy (non-hydrogen) atoms. The Balaban J connectivity index is 0.00000225. The van der Waals surface area contributed by atoms with Gasteiger partial charge < -0.3 is 14.6 Å². The molecule has 1 rings (SSSR count). The summed E-state index contributed by atoms with van der Waals surface area (Å²) in [5.41, 5.74) is 0. The summed E-state index contributed by atoms with van der Waals surface area (Å²) in [6, 6.07) is 7.34. The fourth-order valence-corrected chi connectivity index (χ4v) is 2.07. The molecule has 0 fully saturated rings. The van der Waals surface area contributed by atoms with Crippen LogP contribution < -0.4 is 39.4 Å². The van der Waals surface area contributed by atoms with Crippen molar-refractivity contribution in [1.29, 1.82) is 0 Å². The van der Waals surface area contributed by atoms with Gasteiger partial charge in [0.15, 0.2) is 0 Å². The van der Waals surface area contributed by atoms with Gasteiger partial charge in [-0.3, -0.25) is 0 Å². The number of carbonyl (C=O) groups is 1. The van der Waals surface area contributed by atoms with Gasteiger partial charge in [-0.05, 0) is 24.6 Å². The summed E-state index contributed by atoms with van der Waals surface area (Å²) < 4.78 is 5.05. The SMILES string of the molecule is CCC(Sc1cccc(OC)c1)C(=O)[O-].[Na+]. The van der Waals surface area contributed by atoms with E-state index in [2.05, 4.69) is 0 Å². The van der Waals surface area contributed by atoms with Gasteiger partial charge in [0.1, 0.15) is 5.75 Å². The third kappa shape index (κ3) is 4.78. The zero-order valence-corrected chi connectivity index (χ0v) is 12.5. The Morgan fingerprint density at radius 3 is 2.75 bits per heavy atom. The van der Waals surface area contributed by atoms with Gasteiger partial charge in [0.25, 0.3) is 0 Å². The molecule has 1 unspecified atom stereocenters. The van der Waals surface area contributed by atoms with E-state index in [1.807, 2.05) is 31.2 Å². The predicted octanol–water partition coefficient (Wildman–Crippen LogP) is -1.68. The van der Waals surface area contributed by atoms with Gasteiger partial charge in [0.2, 0.25) is 0 Å². The van der Waals surface area contributed by atoms with Crippen LogP contribution in [-0.4, -0.2) is 18.3 Å². The van der Waals surface area contributed by atoms with Crippen LogP contribution in [0.2, 0.25) is 0 Å². The average Bonchev–Trinajstić information content (AvgIpc) is 2.25. The molecule has 0 aliphatic heterocycles. The van der Waals surface area contributed by atoms with Crippen molar-refractivity contribution in [3.05, 3.63) is 24.3 Å².